The molecule has 128 valence electrons. The largest absolute Gasteiger partial charge is 0.335 e. The predicted octanol–water partition coefficient (Wildman–Crippen LogP) is 3.59. The number of nitrogens with one attached hydrogen (secondary N) is 1. The van der Waals surface area contributed by atoms with Gasteiger partial charge < -0.3 is 10.2 Å². The van der Waals surface area contributed by atoms with Gasteiger partial charge in [0.15, 0.2) is 0 Å². The number of carbonyl (C=O) groups excluding carboxylic acids is 1. The van der Waals surface area contributed by atoms with Gasteiger partial charge in [0.2, 0.25) is 5.91 Å². The van der Waals surface area contributed by atoms with E-state index in [2.05, 4.69) is 48.3 Å². The Hall–Kier alpha value is -1.06. The van der Waals surface area contributed by atoms with Crippen LogP contribution in [0.25, 0.3) is 0 Å². The van der Waals surface area contributed by atoms with E-state index in [1.807, 2.05) is 6.07 Å². The lowest BCUT2D eigenvalue weighted by atomic mass is 9.84. The summed E-state index contributed by atoms with van der Waals surface area (Å²) in [5.41, 5.74) is 1.18. The van der Waals surface area contributed by atoms with Crippen molar-refractivity contribution in [2.45, 2.75) is 57.5 Å². The topological polar surface area (TPSA) is 32.3 Å². The van der Waals surface area contributed by atoms with E-state index < -0.39 is 0 Å². The molecular formula is C19H29ClN2O. The number of nitrogens with zero attached hydrogens (tertiary/aromatic N) is 1. The number of benzene rings is 1. The quantitative estimate of drug-likeness (QED) is 0.911. The minimum atomic E-state index is 0. The number of rotatable bonds is 4. The monoisotopic (exact) mass is 336 g/mol. The Morgan fingerprint density at radius 3 is 2.61 bits per heavy atom. The van der Waals surface area contributed by atoms with Gasteiger partial charge in [0.05, 0.1) is 5.92 Å². The van der Waals surface area contributed by atoms with Crippen molar-refractivity contribution in [2.75, 3.05) is 13.1 Å². The van der Waals surface area contributed by atoms with Gasteiger partial charge >= 0.3 is 0 Å². The summed E-state index contributed by atoms with van der Waals surface area (Å²) in [4.78, 5) is 15.7. The van der Waals surface area contributed by atoms with Crippen molar-refractivity contribution < 1.29 is 4.79 Å². The van der Waals surface area contributed by atoms with Gasteiger partial charge in [-0.25, -0.2) is 0 Å². The maximum atomic E-state index is 13.4. The molecule has 0 aliphatic carbocycles. The first-order chi connectivity index (χ1) is 10.7. The van der Waals surface area contributed by atoms with Crippen LogP contribution >= 0.6 is 12.4 Å². The number of hydrogen-bond donors (Lipinski definition) is 1. The number of carbonyl (C=O) groups is 1. The smallest absolute Gasteiger partial charge is 0.230 e. The highest BCUT2D eigenvalue weighted by Crippen LogP contribution is 2.35. The Morgan fingerprint density at radius 1 is 1.22 bits per heavy atom. The first kappa shape index (κ1) is 18.3. The molecule has 3 rings (SSSR count). The lowest BCUT2D eigenvalue weighted by Crippen LogP contribution is -2.46. The third kappa shape index (κ3) is 3.72. The second kappa shape index (κ2) is 8.16. The highest BCUT2D eigenvalue weighted by atomic mass is 35.5. The molecule has 2 bridgehead atoms. The van der Waals surface area contributed by atoms with E-state index in [1.165, 1.54) is 12.0 Å². The molecule has 1 amide bonds. The third-order valence-electron chi connectivity index (χ3n) is 5.55. The Balaban J connectivity index is 0.00000192. The molecule has 2 aliphatic heterocycles. The maximum absolute atomic E-state index is 13.4. The maximum Gasteiger partial charge on any atom is 0.230 e. The van der Waals surface area contributed by atoms with Gasteiger partial charge in [0.1, 0.15) is 0 Å². The Labute approximate surface area is 146 Å². The molecule has 0 radical (unpaired) electrons. The van der Waals surface area contributed by atoms with Crippen molar-refractivity contribution in [1.29, 1.82) is 0 Å². The van der Waals surface area contributed by atoms with Crippen LogP contribution in [-0.4, -0.2) is 36.0 Å². The number of halogens is 1. The zero-order valence-corrected chi connectivity index (χ0v) is 15.0. The molecule has 0 spiro atoms. The van der Waals surface area contributed by atoms with Crippen LogP contribution in [0.2, 0.25) is 0 Å². The van der Waals surface area contributed by atoms with Gasteiger partial charge in [0, 0.05) is 18.6 Å². The van der Waals surface area contributed by atoms with Gasteiger partial charge in [0.25, 0.3) is 0 Å². The van der Waals surface area contributed by atoms with E-state index in [9.17, 15) is 4.79 Å². The molecule has 2 aliphatic rings. The number of amides is 1. The van der Waals surface area contributed by atoms with E-state index in [1.54, 1.807) is 0 Å². The molecule has 2 saturated heterocycles. The molecule has 0 saturated carbocycles. The number of fused-ring (bicyclic) bond motifs is 2. The fourth-order valence-corrected chi connectivity index (χ4v) is 4.11. The van der Waals surface area contributed by atoms with Gasteiger partial charge in [-0.05, 0) is 37.3 Å². The Kier molecular flexibility index (Phi) is 6.49. The van der Waals surface area contributed by atoms with Crippen LogP contribution in [0.15, 0.2) is 30.3 Å². The molecule has 0 aromatic heterocycles. The van der Waals surface area contributed by atoms with Crippen LogP contribution in [0.3, 0.4) is 0 Å². The van der Waals surface area contributed by atoms with Gasteiger partial charge in [-0.2, -0.15) is 0 Å². The van der Waals surface area contributed by atoms with Crippen molar-refractivity contribution >= 4 is 18.3 Å². The summed E-state index contributed by atoms with van der Waals surface area (Å²) in [7, 11) is 0. The first-order valence-electron chi connectivity index (χ1n) is 8.80. The molecule has 23 heavy (non-hydrogen) atoms. The Bertz CT molecular complexity index is 493. The third-order valence-corrected chi connectivity index (χ3v) is 5.55. The van der Waals surface area contributed by atoms with Crippen molar-refractivity contribution in [3.05, 3.63) is 35.9 Å². The average Bonchev–Trinajstić information content (AvgIpc) is 2.81. The average molecular weight is 337 g/mol. The Morgan fingerprint density at radius 2 is 1.91 bits per heavy atom. The van der Waals surface area contributed by atoms with Crippen molar-refractivity contribution in [1.82, 2.24) is 10.2 Å². The molecule has 1 aromatic carbocycles. The molecule has 1 N–H and O–H groups in total. The zero-order valence-electron chi connectivity index (χ0n) is 14.2. The minimum absolute atomic E-state index is 0. The molecule has 1 aromatic rings. The fraction of sp³-hybridized carbons (Fsp3) is 0.632. The van der Waals surface area contributed by atoms with E-state index in [4.69, 9.17) is 0 Å². The van der Waals surface area contributed by atoms with Crippen LogP contribution in [0.5, 0.6) is 0 Å². The summed E-state index contributed by atoms with van der Waals surface area (Å²) < 4.78 is 0. The standard InChI is InChI=1S/C19H28N2O.ClH/c1-3-14(2)18(15-7-5-4-6-8-15)19(22)21-16-9-10-17(21)13-20-12-11-16;/h4-8,14,16-18,20H,3,9-13H2,1-2H3;1H. The second-order valence-electron chi connectivity index (χ2n) is 6.90. The van der Waals surface area contributed by atoms with Crippen molar-refractivity contribution in [3.8, 4) is 0 Å². The van der Waals surface area contributed by atoms with Gasteiger partial charge in [-0.15, -0.1) is 12.4 Å². The van der Waals surface area contributed by atoms with Crippen LogP contribution in [-0.2, 0) is 4.79 Å². The highest BCUT2D eigenvalue weighted by Gasteiger charge is 2.41. The summed E-state index contributed by atoms with van der Waals surface area (Å²) in [6.45, 7) is 6.41. The highest BCUT2D eigenvalue weighted by molar-refractivity contribution is 5.85. The summed E-state index contributed by atoms with van der Waals surface area (Å²) in [5, 5.41) is 3.49. The van der Waals surface area contributed by atoms with Crippen LogP contribution < -0.4 is 5.32 Å². The summed E-state index contributed by atoms with van der Waals surface area (Å²) in [6.07, 6.45) is 4.47. The van der Waals surface area contributed by atoms with E-state index in [0.29, 0.717) is 23.9 Å². The molecule has 3 nitrogen and oxygen atoms in total. The second-order valence-corrected chi connectivity index (χ2v) is 6.90. The molecular weight excluding hydrogens is 308 g/mol. The fourth-order valence-electron chi connectivity index (χ4n) is 4.11. The molecule has 2 heterocycles. The van der Waals surface area contributed by atoms with Crippen LogP contribution in [0.1, 0.15) is 51.0 Å². The first-order valence-corrected chi connectivity index (χ1v) is 8.80. The van der Waals surface area contributed by atoms with Crippen molar-refractivity contribution in [3.63, 3.8) is 0 Å². The molecule has 4 atom stereocenters. The number of hydrogen-bond acceptors (Lipinski definition) is 2. The summed E-state index contributed by atoms with van der Waals surface area (Å²) >= 11 is 0. The lowest BCUT2D eigenvalue weighted by Gasteiger charge is -2.34. The molecule has 4 unspecified atom stereocenters. The normalized spacial score (nSPS) is 26.1. The summed E-state index contributed by atoms with van der Waals surface area (Å²) in [6, 6.07) is 11.2. The van der Waals surface area contributed by atoms with Gasteiger partial charge in [-0.3, -0.25) is 4.79 Å². The predicted molar refractivity (Wildman–Crippen MR) is 97.0 cm³/mol. The van der Waals surface area contributed by atoms with Crippen LogP contribution in [0, 0.1) is 5.92 Å². The van der Waals surface area contributed by atoms with E-state index in [0.717, 1.165) is 32.4 Å². The SMILES string of the molecule is CCC(C)C(C(=O)N1C2CCNCC1CC2)c1ccccc1.Cl. The van der Waals surface area contributed by atoms with E-state index >= 15 is 0 Å². The van der Waals surface area contributed by atoms with E-state index in [-0.39, 0.29) is 18.3 Å². The van der Waals surface area contributed by atoms with Gasteiger partial charge in [-0.1, -0.05) is 50.6 Å². The lowest BCUT2D eigenvalue weighted by molar-refractivity contribution is -0.136. The zero-order chi connectivity index (χ0) is 15.5. The minimum Gasteiger partial charge on any atom is -0.335 e. The van der Waals surface area contributed by atoms with Crippen molar-refractivity contribution in [2.24, 2.45) is 5.92 Å². The molecule has 2 fully saturated rings. The van der Waals surface area contributed by atoms with Crippen LogP contribution in [0.4, 0.5) is 0 Å². The summed E-state index contributed by atoms with van der Waals surface area (Å²) in [5.74, 6) is 0.745. The molecule has 4 heteroatoms.